The predicted octanol–water partition coefficient (Wildman–Crippen LogP) is 11.6. The summed E-state index contributed by atoms with van der Waals surface area (Å²) in [7, 11) is 0. The molecule has 5 rings (SSSR count). The van der Waals surface area contributed by atoms with Crippen molar-refractivity contribution in [2.75, 3.05) is 6.61 Å². The highest BCUT2D eigenvalue weighted by Crippen LogP contribution is 2.39. The van der Waals surface area contributed by atoms with Crippen molar-refractivity contribution in [3.8, 4) is 22.5 Å². The number of hydrogen-bond acceptors (Lipinski definition) is 4. The lowest BCUT2D eigenvalue weighted by Gasteiger charge is -2.20. The van der Waals surface area contributed by atoms with Crippen molar-refractivity contribution >= 4 is 6.21 Å². The fourth-order valence-corrected chi connectivity index (χ4v) is 5.02. The van der Waals surface area contributed by atoms with Crippen LogP contribution in [0.5, 0.6) is 0 Å². The van der Waals surface area contributed by atoms with Gasteiger partial charge in [-0.3, -0.25) is 9.98 Å². The Labute approximate surface area is 292 Å². The summed E-state index contributed by atoms with van der Waals surface area (Å²) < 4.78 is 34.0. The normalized spacial score (nSPS) is 13.8. The number of aryl methyl sites for hydroxylation is 1. The molecule has 0 fully saturated rings. The van der Waals surface area contributed by atoms with Gasteiger partial charge >= 0.3 is 0 Å². The summed E-state index contributed by atoms with van der Waals surface area (Å²) in [6, 6.07) is 19.5. The van der Waals surface area contributed by atoms with Crippen LogP contribution in [-0.2, 0) is 23.2 Å². The molecule has 0 amide bonds. The topological polar surface area (TPSA) is 52.3 Å². The molecular formula is C42H52F2N4O. The number of nitrogens with zero attached hydrogens (tertiary/aromatic N) is 4. The number of halogens is 2. The molecule has 1 aliphatic rings. The molecule has 1 aliphatic heterocycles. The Morgan fingerprint density at radius 2 is 1.63 bits per heavy atom. The standard InChI is InChI=1S/C29H30FN3O.C6H9F.C5H7N.C2H6/c1-29(2,3)23-8-4-20(5-9-23)18-34-19-25-12-13-26-32-27(21-6-10-24(30)11-7-21)28(33(25)26)22-14-16-31-17-15-22;1-3-5-6(7)4-2;1-3-5-6-4-2;1-2/h4-11,14-17,25H,12-13,18-19H2,1-3H3;3-5H,1-2H3;3-5H,1-2H2;1-2H3/b;5-3-,6-4+;;/t25-;;;/m0.../s1. The van der Waals surface area contributed by atoms with E-state index in [2.05, 4.69) is 72.7 Å². The summed E-state index contributed by atoms with van der Waals surface area (Å²) >= 11 is 0. The van der Waals surface area contributed by atoms with Crippen LogP contribution in [0.2, 0.25) is 0 Å². The summed E-state index contributed by atoms with van der Waals surface area (Å²) in [6.45, 7) is 22.1. The number of rotatable bonds is 9. The number of aliphatic imine (C=N–C) groups is 1. The number of imidazole rings is 1. The third-order valence-electron chi connectivity index (χ3n) is 7.42. The predicted molar refractivity (Wildman–Crippen MR) is 203 cm³/mol. The lowest BCUT2D eigenvalue weighted by molar-refractivity contribution is 0.0925. The van der Waals surface area contributed by atoms with Crippen LogP contribution in [-0.4, -0.2) is 27.4 Å². The van der Waals surface area contributed by atoms with E-state index in [4.69, 9.17) is 9.72 Å². The SMILES string of the molecule is C/C=C\C(F)=C/C.C=CC=NC=C.CC.CC(C)(C)c1ccc(COC[C@@H]2CCc3nc(-c4ccc(F)cc4)c(-c4ccncc4)n32)cc1. The first kappa shape index (κ1) is 40.4. The highest BCUT2D eigenvalue weighted by atomic mass is 19.1. The van der Waals surface area contributed by atoms with Gasteiger partial charge in [0.1, 0.15) is 17.5 Å². The van der Waals surface area contributed by atoms with E-state index in [9.17, 15) is 8.78 Å². The van der Waals surface area contributed by atoms with Crippen molar-refractivity contribution in [1.82, 2.24) is 14.5 Å². The van der Waals surface area contributed by atoms with E-state index >= 15 is 0 Å². The van der Waals surface area contributed by atoms with Crippen molar-refractivity contribution in [3.05, 3.63) is 145 Å². The quantitative estimate of drug-likeness (QED) is 0.132. The second kappa shape index (κ2) is 21.3. The van der Waals surface area contributed by atoms with Gasteiger partial charge < -0.3 is 9.30 Å². The highest BCUT2D eigenvalue weighted by Gasteiger charge is 2.30. The molecule has 260 valence electrons. The van der Waals surface area contributed by atoms with Gasteiger partial charge in [0.05, 0.1) is 30.6 Å². The third-order valence-corrected chi connectivity index (χ3v) is 7.42. The van der Waals surface area contributed by atoms with Gasteiger partial charge in [0, 0.05) is 42.4 Å². The van der Waals surface area contributed by atoms with Crippen molar-refractivity contribution < 1.29 is 13.5 Å². The molecule has 2 aromatic heterocycles. The van der Waals surface area contributed by atoms with Crippen LogP contribution >= 0.6 is 0 Å². The second-order valence-electron chi connectivity index (χ2n) is 11.9. The first-order valence-electron chi connectivity index (χ1n) is 16.8. The van der Waals surface area contributed by atoms with Crippen LogP contribution in [0, 0.1) is 5.82 Å². The highest BCUT2D eigenvalue weighted by molar-refractivity contribution is 5.79. The Kier molecular flexibility index (Phi) is 17.5. The van der Waals surface area contributed by atoms with E-state index in [1.165, 1.54) is 41.6 Å². The maximum Gasteiger partial charge on any atom is 0.123 e. The summed E-state index contributed by atoms with van der Waals surface area (Å²) in [4.78, 5) is 12.8. The lowest BCUT2D eigenvalue weighted by atomic mass is 9.87. The zero-order valence-corrected chi connectivity index (χ0v) is 30.2. The van der Waals surface area contributed by atoms with Crippen LogP contribution in [0.3, 0.4) is 0 Å². The molecule has 7 heteroatoms. The van der Waals surface area contributed by atoms with E-state index in [-0.39, 0.29) is 23.1 Å². The lowest BCUT2D eigenvalue weighted by Crippen LogP contribution is -2.13. The summed E-state index contributed by atoms with van der Waals surface area (Å²) in [5.74, 6) is 0.625. The number of aromatic nitrogens is 3. The van der Waals surface area contributed by atoms with Crippen LogP contribution in [0.4, 0.5) is 8.78 Å². The zero-order chi connectivity index (χ0) is 36.2. The Bertz CT molecular complexity index is 1640. The molecule has 0 N–H and O–H groups in total. The van der Waals surface area contributed by atoms with Crippen LogP contribution < -0.4 is 0 Å². The molecule has 0 saturated carbocycles. The van der Waals surface area contributed by atoms with Crippen molar-refractivity contribution in [1.29, 1.82) is 0 Å². The summed E-state index contributed by atoms with van der Waals surface area (Å²) in [5, 5.41) is 0. The van der Waals surface area contributed by atoms with Crippen molar-refractivity contribution in [2.24, 2.45) is 4.99 Å². The molecule has 5 nitrogen and oxygen atoms in total. The van der Waals surface area contributed by atoms with Gasteiger partial charge in [-0.15, -0.1) is 0 Å². The minimum Gasteiger partial charge on any atom is -0.375 e. The number of ether oxygens (including phenoxy) is 1. The Morgan fingerprint density at radius 3 is 2.14 bits per heavy atom. The van der Waals surface area contributed by atoms with Gasteiger partial charge in [-0.25, -0.2) is 13.8 Å². The van der Waals surface area contributed by atoms with E-state index in [1.54, 1.807) is 56.7 Å². The molecule has 0 aliphatic carbocycles. The number of fused-ring (bicyclic) bond motifs is 1. The number of allylic oxidation sites excluding steroid dienone is 5. The molecule has 0 spiro atoms. The average molecular weight is 667 g/mol. The van der Waals surface area contributed by atoms with Gasteiger partial charge in [0.15, 0.2) is 0 Å². The zero-order valence-electron chi connectivity index (χ0n) is 30.2. The molecule has 0 radical (unpaired) electrons. The van der Waals surface area contributed by atoms with Gasteiger partial charge in [0.2, 0.25) is 0 Å². The molecule has 4 aromatic rings. The second-order valence-corrected chi connectivity index (χ2v) is 11.9. The van der Waals surface area contributed by atoms with Crippen molar-refractivity contribution in [3.63, 3.8) is 0 Å². The molecule has 49 heavy (non-hydrogen) atoms. The number of hydrogen-bond donors (Lipinski definition) is 0. The van der Waals surface area contributed by atoms with Gasteiger partial charge in [-0.2, -0.15) is 0 Å². The first-order valence-corrected chi connectivity index (χ1v) is 16.8. The van der Waals surface area contributed by atoms with Crippen LogP contribution in [0.15, 0.2) is 128 Å². The number of benzene rings is 2. The summed E-state index contributed by atoms with van der Waals surface area (Å²) in [5.41, 5.74) is 6.54. The maximum absolute atomic E-state index is 13.6. The average Bonchev–Trinajstić information content (AvgIpc) is 3.69. The molecule has 2 aromatic carbocycles. The monoisotopic (exact) mass is 666 g/mol. The fourth-order valence-electron chi connectivity index (χ4n) is 5.02. The summed E-state index contributed by atoms with van der Waals surface area (Å²) in [6.07, 6.45) is 14.6. The smallest absolute Gasteiger partial charge is 0.123 e. The van der Waals surface area contributed by atoms with Crippen LogP contribution in [0.1, 0.15) is 77.9 Å². The molecule has 0 unspecified atom stereocenters. The molecule has 1 atom stereocenters. The minimum atomic E-state index is -0.247. The maximum atomic E-state index is 13.6. The Balaban J connectivity index is 0.000000469. The van der Waals surface area contributed by atoms with Crippen LogP contribution in [0.25, 0.3) is 22.5 Å². The largest absolute Gasteiger partial charge is 0.375 e. The van der Waals surface area contributed by atoms with E-state index in [1.807, 2.05) is 26.0 Å². The fraction of sp³-hybridized carbons (Fsp3) is 0.310. The Hall–Kier alpha value is -4.75. The molecular weight excluding hydrogens is 614 g/mol. The van der Waals surface area contributed by atoms with E-state index in [0.717, 1.165) is 41.2 Å². The van der Waals surface area contributed by atoms with Gasteiger partial charge in [-0.05, 0) is 79.3 Å². The first-order chi connectivity index (χ1) is 23.6. The van der Waals surface area contributed by atoms with Gasteiger partial charge in [-0.1, -0.05) is 90.3 Å². The minimum absolute atomic E-state index is 0.145. The molecule has 0 bridgehead atoms. The van der Waals surface area contributed by atoms with E-state index in [0.29, 0.717) is 13.2 Å². The number of pyridine rings is 1. The van der Waals surface area contributed by atoms with Crippen molar-refractivity contribution in [2.45, 2.75) is 79.4 Å². The van der Waals surface area contributed by atoms with Gasteiger partial charge in [0.25, 0.3) is 0 Å². The molecule has 0 saturated heterocycles. The Morgan fingerprint density at radius 1 is 0.980 bits per heavy atom. The third kappa shape index (κ3) is 12.7. The van der Waals surface area contributed by atoms with E-state index < -0.39 is 0 Å². The molecule has 3 heterocycles.